The monoisotopic (exact) mass is 438 g/mol. The van der Waals surface area contributed by atoms with Gasteiger partial charge in [-0.1, -0.05) is 25.1 Å². The summed E-state index contributed by atoms with van der Waals surface area (Å²) in [6.07, 6.45) is 3.34. The molecule has 0 radical (unpaired) electrons. The van der Waals surface area contributed by atoms with Crippen molar-refractivity contribution in [2.24, 2.45) is 0 Å². The van der Waals surface area contributed by atoms with Gasteiger partial charge in [-0.25, -0.2) is 28.1 Å². The minimum atomic E-state index is -1.13. The Balaban J connectivity index is 0.000000203. The van der Waals surface area contributed by atoms with Crippen LogP contribution in [0.4, 0.5) is 19.0 Å². The molecular weight excluding hydrogens is 421 g/mol. The van der Waals surface area contributed by atoms with Crippen molar-refractivity contribution in [2.75, 3.05) is 5.73 Å². The van der Waals surface area contributed by atoms with E-state index >= 15 is 0 Å². The number of imidazole rings is 1. The van der Waals surface area contributed by atoms with E-state index < -0.39 is 23.0 Å². The third-order valence-electron chi connectivity index (χ3n) is 4.86. The molecule has 0 aliphatic rings. The zero-order valence-corrected chi connectivity index (χ0v) is 16.8. The number of H-pyrrole nitrogens is 1. The van der Waals surface area contributed by atoms with Gasteiger partial charge in [0, 0.05) is 5.69 Å². The van der Waals surface area contributed by atoms with Crippen molar-refractivity contribution in [1.29, 1.82) is 0 Å². The fourth-order valence-electron chi connectivity index (χ4n) is 3.35. The van der Waals surface area contributed by atoms with Crippen molar-refractivity contribution in [2.45, 2.75) is 13.3 Å². The summed E-state index contributed by atoms with van der Waals surface area (Å²) in [5.41, 5.74) is 6.35. The van der Waals surface area contributed by atoms with Crippen molar-refractivity contribution in [1.82, 2.24) is 24.5 Å². The molecular formula is C22H17F3N6O. The van der Waals surface area contributed by atoms with Gasteiger partial charge in [-0.2, -0.15) is 0 Å². The van der Waals surface area contributed by atoms with Crippen LogP contribution in [0, 0.1) is 17.5 Å². The third kappa shape index (κ3) is 3.66. The van der Waals surface area contributed by atoms with Crippen LogP contribution in [0.5, 0.6) is 0 Å². The van der Waals surface area contributed by atoms with Crippen LogP contribution in [0.15, 0.2) is 59.9 Å². The first-order valence-corrected chi connectivity index (χ1v) is 9.59. The molecule has 0 atom stereocenters. The van der Waals surface area contributed by atoms with Gasteiger partial charge in [0.2, 0.25) is 0 Å². The SMILES string of the molecule is CCc1cc2cccc(F)c2c(=O)n1-c1cccc(F)c1F.Nc1ncnc2nc[nH]c12. The van der Waals surface area contributed by atoms with Crippen LogP contribution in [0.2, 0.25) is 0 Å². The Morgan fingerprint density at radius 1 is 1.03 bits per heavy atom. The minimum Gasteiger partial charge on any atom is -0.382 e. The average molecular weight is 438 g/mol. The fourth-order valence-corrected chi connectivity index (χ4v) is 3.35. The predicted octanol–water partition coefficient (Wildman–Crippen LogP) is 3.91. The van der Waals surface area contributed by atoms with E-state index in [1.807, 2.05) is 0 Å². The Morgan fingerprint density at radius 2 is 1.78 bits per heavy atom. The second kappa shape index (κ2) is 8.50. The van der Waals surface area contributed by atoms with Gasteiger partial charge in [0.05, 0.1) is 17.4 Å². The lowest BCUT2D eigenvalue weighted by molar-refractivity contribution is 0.502. The number of nitrogens with two attached hydrogens (primary N) is 1. The van der Waals surface area contributed by atoms with Gasteiger partial charge in [0.15, 0.2) is 23.1 Å². The number of benzene rings is 2. The number of pyridine rings is 1. The van der Waals surface area contributed by atoms with Crippen LogP contribution in [0.1, 0.15) is 12.6 Å². The highest BCUT2D eigenvalue weighted by atomic mass is 19.2. The Labute approximate surface area is 179 Å². The normalized spacial score (nSPS) is 10.9. The first kappa shape index (κ1) is 21.0. The molecule has 0 spiro atoms. The Hall–Kier alpha value is -4.21. The summed E-state index contributed by atoms with van der Waals surface area (Å²) in [6.45, 7) is 1.79. The summed E-state index contributed by atoms with van der Waals surface area (Å²) in [5.74, 6) is -2.44. The van der Waals surface area contributed by atoms with E-state index in [1.165, 1.54) is 36.9 Å². The van der Waals surface area contributed by atoms with Crippen LogP contribution in [0.3, 0.4) is 0 Å². The standard InChI is InChI=1S/C17H12F3NO.C5H5N5/c1-2-11-9-10-5-3-6-12(18)15(10)17(22)21(11)14-8-4-7-13(19)16(14)20;6-4-3-5(9-1-7-3)10-2-8-4/h3-9H,2H2,1H3;1-2H,(H3,6,7,8,9,10). The molecule has 7 nitrogen and oxygen atoms in total. The summed E-state index contributed by atoms with van der Waals surface area (Å²) >= 11 is 0. The first-order chi connectivity index (χ1) is 15.4. The summed E-state index contributed by atoms with van der Waals surface area (Å²) in [6, 6.07) is 9.48. The number of fused-ring (bicyclic) bond motifs is 2. The second-order valence-corrected chi connectivity index (χ2v) is 6.77. The van der Waals surface area contributed by atoms with Gasteiger partial charge in [-0.05, 0) is 36.1 Å². The molecule has 0 saturated carbocycles. The van der Waals surface area contributed by atoms with Crippen molar-refractivity contribution >= 4 is 27.8 Å². The lowest BCUT2D eigenvalue weighted by Crippen LogP contribution is -2.24. The molecule has 162 valence electrons. The highest BCUT2D eigenvalue weighted by Gasteiger charge is 2.17. The van der Waals surface area contributed by atoms with Crippen LogP contribution in [-0.2, 0) is 6.42 Å². The average Bonchev–Trinajstić information content (AvgIpc) is 3.27. The molecule has 5 rings (SSSR count). The smallest absolute Gasteiger partial charge is 0.266 e. The van der Waals surface area contributed by atoms with E-state index in [9.17, 15) is 18.0 Å². The van der Waals surface area contributed by atoms with E-state index in [2.05, 4.69) is 19.9 Å². The van der Waals surface area contributed by atoms with Gasteiger partial charge in [0.25, 0.3) is 5.56 Å². The van der Waals surface area contributed by atoms with E-state index in [1.54, 1.807) is 19.1 Å². The molecule has 0 fully saturated rings. The minimum absolute atomic E-state index is 0.136. The van der Waals surface area contributed by atoms with Gasteiger partial charge in [0.1, 0.15) is 17.7 Å². The molecule has 0 saturated heterocycles. The van der Waals surface area contributed by atoms with Gasteiger partial charge in [-0.3, -0.25) is 9.36 Å². The maximum Gasteiger partial charge on any atom is 0.266 e. The molecule has 0 bridgehead atoms. The number of aromatic amines is 1. The molecule has 0 aliphatic carbocycles. The van der Waals surface area contributed by atoms with Gasteiger partial charge in [-0.15, -0.1) is 0 Å². The number of hydrogen-bond donors (Lipinski definition) is 2. The summed E-state index contributed by atoms with van der Waals surface area (Å²) in [7, 11) is 0. The lowest BCUT2D eigenvalue weighted by Gasteiger charge is -2.14. The van der Waals surface area contributed by atoms with Crippen molar-refractivity contribution in [3.63, 3.8) is 0 Å². The molecule has 5 aromatic rings. The van der Waals surface area contributed by atoms with E-state index in [0.717, 1.165) is 10.6 Å². The lowest BCUT2D eigenvalue weighted by atomic mass is 10.1. The number of nitrogens with one attached hydrogen (secondary N) is 1. The predicted molar refractivity (Wildman–Crippen MR) is 115 cm³/mol. The number of rotatable bonds is 2. The number of aryl methyl sites for hydroxylation is 1. The summed E-state index contributed by atoms with van der Waals surface area (Å²) in [5, 5.41) is 0.304. The number of anilines is 1. The van der Waals surface area contributed by atoms with Gasteiger partial charge >= 0.3 is 0 Å². The molecule has 0 aliphatic heterocycles. The Morgan fingerprint density at radius 3 is 2.53 bits per heavy atom. The molecule has 0 unspecified atom stereocenters. The number of hydrogen-bond acceptors (Lipinski definition) is 5. The number of aromatic nitrogens is 5. The number of halogens is 3. The molecule has 0 amide bonds. The number of nitrogens with zero attached hydrogens (tertiary/aromatic N) is 4. The zero-order chi connectivity index (χ0) is 22.8. The molecule has 32 heavy (non-hydrogen) atoms. The highest BCUT2D eigenvalue weighted by Crippen LogP contribution is 2.21. The Kier molecular flexibility index (Phi) is 5.59. The third-order valence-corrected chi connectivity index (χ3v) is 4.86. The van der Waals surface area contributed by atoms with Crippen molar-refractivity contribution < 1.29 is 13.2 Å². The molecule has 3 N–H and O–H groups in total. The topological polar surface area (TPSA) is 102 Å². The van der Waals surface area contributed by atoms with E-state index in [0.29, 0.717) is 34.5 Å². The van der Waals surface area contributed by atoms with Gasteiger partial charge < -0.3 is 10.7 Å². The largest absolute Gasteiger partial charge is 0.382 e. The van der Waals surface area contributed by atoms with Crippen LogP contribution in [0.25, 0.3) is 27.6 Å². The Bertz CT molecular complexity index is 1490. The van der Waals surface area contributed by atoms with Crippen molar-refractivity contribution in [3.8, 4) is 5.69 Å². The van der Waals surface area contributed by atoms with Crippen LogP contribution in [-0.4, -0.2) is 24.5 Å². The maximum absolute atomic E-state index is 14.1. The summed E-state index contributed by atoms with van der Waals surface area (Å²) in [4.78, 5) is 27.0. The molecule has 10 heteroatoms. The quantitative estimate of drug-likeness (QED) is 0.435. The van der Waals surface area contributed by atoms with Crippen molar-refractivity contribution in [3.05, 3.63) is 88.6 Å². The van der Waals surface area contributed by atoms with E-state index in [-0.39, 0.29) is 11.1 Å². The summed E-state index contributed by atoms with van der Waals surface area (Å²) < 4.78 is 42.5. The number of nitrogen functional groups attached to an aromatic ring is 1. The molecule has 2 aromatic carbocycles. The molecule has 3 aromatic heterocycles. The maximum atomic E-state index is 14.1. The van der Waals surface area contributed by atoms with Crippen LogP contribution >= 0.6 is 0 Å². The van der Waals surface area contributed by atoms with Crippen LogP contribution < -0.4 is 11.3 Å². The van der Waals surface area contributed by atoms with E-state index in [4.69, 9.17) is 5.73 Å². The zero-order valence-electron chi connectivity index (χ0n) is 16.8. The highest BCUT2D eigenvalue weighted by molar-refractivity contribution is 5.83. The fraction of sp³-hybridized carbons (Fsp3) is 0.0909. The first-order valence-electron chi connectivity index (χ1n) is 9.59. The second-order valence-electron chi connectivity index (χ2n) is 6.77. The molecule has 3 heterocycles.